The zero-order valence-electron chi connectivity index (χ0n) is 6.77. The van der Waals surface area contributed by atoms with Crippen molar-refractivity contribution in [1.82, 2.24) is 4.98 Å². The summed E-state index contributed by atoms with van der Waals surface area (Å²) >= 11 is 12.6. The van der Waals surface area contributed by atoms with E-state index < -0.39 is 0 Å². The molecule has 5 heteroatoms. The molecule has 0 spiro atoms. The summed E-state index contributed by atoms with van der Waals surface area (Å²) in [6.07, 6.45) is 0.750. The van der Waals surface area contributed by atoms with Crippen LogP contribution in [0.5, 0.6) is 0 Å². The van der Waals surface area contributed by atoms with Gasteiger partial charge >= 0.3 is 0 Å². The summed E-state index contributed by atoms with van der Waals surface area (Å²) in [6, 6.07) is 3.75. The number of aldehydes is 1. The van der Waals surface area contributed by atoms with Crippen LogP contribution in [0.15, 0.2) is 21.1 Å². The van der Waals surface area contributed by atoms with Crippen LogP contribution in [0.1, 0.15) is 10.4 Å². The largest absolute Gasteiger partial charge is 0.344 e. The number of hydrogen-bond donors (Lipinski definition) is 1. The number of fused-ring (bicyclic) bond motifs is 1. The Kier molecular flexibility index (Phi) is 2.68. The van der Waals surface area contributed by atoms with Crippen molar-refractivity contribution in [3.05, 3.63) is 31.8 Å². The Morgan fingerprint density at radius 2 is 2.07 bits per heavy atom. The molecule has 2 aromatic rings. The van der Waals surface area contributed by atoms with Gasteiger partial charge < -0.3 is 4.98 Å². The summed E-state index contributed by atoms with van der Waals surface area (Å²) in [4.78, 5) is 13.7. The first kappa shape index (κ1) is 10.2. The molecule has 14 heavy (non-hydrogen) atoms. The van der Waals surface area contributed by atoms with E-state index in [4.69, 9.17) is 11.6 Å². The van der Waals surface area contributed by atoms with Gasteiger partial charge in [-0.2, -0.15) is 0 Å². The summed E-state index contributed by atoms with van der Waals surface area (Å²) in [7, 11) is 0. The number of hydrogen-bond acceptors (Lipinski definition) is 1. The number of benzene rings is 1. The number of carbonyl (C=O) groups is 1. The van der Waals surface area contributed by atoms with Crippen LogP contribution in [0, 0.1) is 0 Å². The summed E-state index contributed by atoms with van der Waals surface area (Å²) in [5.41, 5.74) is 1.32. The minimum Gasteiger partial charge on any atom is -0.344 e. The highest BCUT2D eigenvalue weighted by molar-refractivity contribution is 9.11. The first-order valence-electron chi connectivity index (χ1n) is 3.75. The van der Waals surface area contributed by atoms with Crippen molar-refractivity contribution < 1.29 is 4.79 Å². The molecule has 1 aromatic carbocycles. The topological polar surface area (TPSA) is 32.9 Å². The van der Waals surface area contributed by atoms with E-state index in [0.717, 1.165) is 26.1 Å². The number of carbonyl (C=O) groups excluding carboxylic acids is 1. The standard InChI is InChI=1S/C9H4Br2ClNO/c10-4-1-5-6(3-14)9(12)13-8(5)7(11)2-4/h1-3,13H. The second-order valence-corrected chi connectivity index (χ2v) is 4.93. The molecule has 0 amide bonds. The highest BCUT2D eigenvalue weighted by atomic mass is 79.9. The van der Waals surface area contributed by atoms with Gasteiger partial charge in [0.2, 0.25) is 0 Å². The van der Waals surface area contributed by atoms with Gasteiger partial charge in [0.1, 0.15) is 5.15 Å². The van der Waals surface area contributed by atoms with Gasteiger partial charge in [-0.1, -0.05) is 27.5 Å². The fourth-order valence-electron chi connectivity index (χ4n) is 1.32. The molecule has 0 saturated carbocycles. The molecular weight excluding hydrogens is 333 g/mol. The molecule has 1 heterocycles. The molecule has 0 bridgehead atoms. The Hall–Kier alpha value is -0.320. The van der Waals surface area contributed by atoms with Crippen LogP contribution in [0.3, 0.4) is 0 Å². The smallest absolute Gasteiger partial charge is 0.153 e. The maximum absolute atomic E-state index is 10.8. The molecule has 0 aliphatic carbocycles. The molecule has 0 unspecified atom stereocenters. The van der Waals surface area contributed by atoms with E-state index in [2.05, 4.69) is 36.8 Å². The van der Waals surface area contributed by atoms with Crippen molar-refractivity contribution in [1.29, 1.82) is 0 Å². The maximum atomic E-state index is 10.8. The van der Waals surface area contributed by atoms with Crippen molar-refractivity contribution in [2.75, 3.05) is 0 Å². The predicted molar refractivity (Wildman–Crippen MR) is 64.1 cm³/mol. The lowest BCUT2D eigenvalue weighted by Gasteiger charge is -1.96. The van der Waals surface area contributed by atoms with E-state index in [-0.39, 0.29) is 0 Å². The summed E-state index contributed by atoms with van der Waals surface area (Å²) in [6.45, 7) is 0. The molecule has 0 radical (unpaired) electrons. The maximum Gasteiger partial charge on any atom is 0.153 e. The highest BCUT2D eigenvalue weighted by Gasteiger charge is 2.11. The molecule has 0 aliphatic rings. The SMILES string of the molecule is O=Cc1c(Cl)[nH]c2c(Br)cc(Br)cc12. The van der Waals surface area contributed by atoms with Crippen LogP contribution in [0.2, 0.25) is 5.15 Å². The van der Waals surface area contributed by atoms with E-state index in [0.29, 0.717) is 10.7 Å². The van der Waals surface area contributed by atoms with E-state index >= 15 is 0 Å². The Morgan fingerprint density at radius 1 is 1.36 bits per heavy atom. The van der Waals surface area contributed by atoms with Gasteiger partial charge in [0.05, 0.1) is 11.1 Å². The lowest BCUT2D eigenvalue weighted by Crippen LogP contribution is -1.77. The first-order valence-corrected chi connectivity index (χ1v) is 5.71. The highest BCUT2D eigenvalue weighted by Crippen LogP contribution is 2.32. The normalized spacial score (nSPS) is 10.8. The van der Waals surface area contributed by atoms with Gasteiger partial charge in [0, 0.05) is 14.3 Å². The van der Waals surface area contributed by atoms with Crippen molar-refractivity contribution in [2.24, 2.45) is 0 Å². The predicted octanol–water partition coefficient (Wildman–Crippen LogP) is 4.16. The van der Waals surface area contributed by atoms with Crippen LogP contribution in [-0.2, 0) is 0 Å². The number of rotatable bonds is 1. The average molecular weight is 337 g/mol. The first-order chi connectivity index (χ1) is 6.63. The lowest BCUT2D eigenvalue weighted by molar-refractivity contribution is 0.112. The molecule has 72 valence electrons. The molecule has 2 nitrogen and oxygen atoms in total. The van der Waals surface area contributed by atoms with Crippen molar-refractivity contribution in [2.45, 2.75) is 0 Å². The third kappa shape index (κ3) is 1.51. The molecule has 2 rings (SSSR count). The molecule has 0 fully saturated rings. The van der Waals surface area contributed by atoms with Gasteiger partial charge in [-0.3, -0.25) is 4.79 Å². The van der Waals surface area contributed by atoms with Gasteiger partial charge in [-0.25, -0.2) is 0 Å². The number of aromatic nitrogens is 1. The zero-order chi connectivity index (χ0) is 10.3. The Balaban J connectivity index is 2.94. The molecular formula is C9H4Br2ClNO. The van der Waals surface area contributed by atoms with Crippen LogP contribution in [-0.4, -0.2) is 11.3 Å². The lowest BCUT2D eigenvalue weighted by atomic mass is 10.2. The summed E-state index contributed by atoms with van der Waals surface area (Å²) in [5, 5.41) is 1.18. The van der Waals surface area contributed by atoms with Gasteiger partial charge in [0.15, 0.2) is 6.29 Å². The minimum atomic E-state index is 0.369. The number of halogens is 3. The second kappa shape index (κ2) is 3.68. The number of aromatic amines is 1. The van der Waals surface area contributed by atoms with Gasteiger partial charge in [-0.05, 0) is 28.1 Å². The van der Waals surface area contributed by atoms with Crippen LogP contribution in [0.4, 0.5) is 0 Å². The third-order valence-electron chi connectivity index (χ3n) is 1.93. The minimum absolute atomic E-state index is 0.369. The van der Waals surface area contributed by atoms with Crippen LogP contribution >= 0.6 is 43.5 Å². The van der Waals surface area contributed by atoms with E-state index in [1.807, 2.05) is 12.1 Å². The average Bonchev–Trinajstić information content (AvgIpc) is 2.41. The van der Waals surface area contributed by atoms with E-state index in [9.17, 15) is 4.79 Å². The van der Waals surface area contributed by atoms with Crippen molar-refractivity contribution in [3.8, 4) is 0 Å². The molecule has 1 aromatic heterocycles. The van der Waals surface area contributed by atoms with Crippen molar-refractivity contribution >= 4 is 60.6 Å². The Labute approximate surface area is 102 Å². The summed E-state index contributed by atoms with van der Waals surface area (Å²) < 4.78 is 1.77. The number of nitrogens with one attached hydrogen (secondary N) is 1. The second-order valence-electron chi connectivity index (χ2n) is 2.78. The fourth-order valence-corrected chi connectivity index (χ4v) is 2.89. The van der Waals surface area contributed by atoms with Crippen LogP contribution in [0.25, 0.3) is 10.9 Å². The third-order valence-corrected chi connectivity index (χ3v) is 3.32. The fraction of sp³-hybridized carbons (Fsp3) is 0. The Bertz CT molecular complexity index is 521. The van der Waals surface area contributed by atoms with Gasteiger partial charge in [-0.15, -0.1) is 0 Å². The van der Waals surface area contributed by atoms with E-state index in [1.165, 1.54) is 0 Å². The molecule has 0 aliphatic heterocycles. The quantitative estimate of drug-likeness (QED) is 0.779. The zero-order valence-corrected chi connectivity index (χ0v) is 10.7. The number of H-pyrrole nitrogens is 1. The van der Waals surface area contributed by atoms with Crippen LogP contribution < -0.4 is 0 Å². The Morgan fingerprint density at radius 3 is 2.71 bits per heavy atom. The van der Waals surface area contributed by atoms with Crippen molar-refractivity contribution in [3.63, 3.8) is 0 Å². The van der Waals surface area contributed by atoms with E-state index in [1.54, 1.807) is 0 Å². The molecule has 1 N–H and O–H groups in total. The molecule has 0 saturated heterocycles. The summed E-state index contributed by atoms with van der Waals surface area (Å²) in [5.74, 6) is 0. The monoisotopic (exact) mass is 335 g/mol. The molecule has 0 atom stereocenters. The van der Waals surface area contributed by atoms with Gasteiger partial charge in [0.25, 0.3) is 0 Å².